The van der Waals surface area contributed by atoms with Gasteiger partial charge in [0.2, 0.25) is 0 Å². The van der Waals surface area contributed by atoms with E-state index in [1.54, 1.807) is 24.3 Å². The van der Waals surface area contributed by atoms with Crippen molar-refractivity contribution in [1.82, 2.24) is 9.80 Å². The third-order valence-electron chi connectivity index (χ3n) is 7.35. The molecule has 0 radical (unpaired) electrons. The van der Waals surface area contributed by atoms with Crippen LogP contribution in [-0.2, 0) is 16.4 Å². The van der Waals surface area contributed by atoms with Gasteiger partial charge in [0.15, 0.2) is 9.84 Å². The highest BCUT2D eigenvalue weighted by atomic mass is 32.2. The third kappa shape index (κ3) is 7.70. The van der Waals surface area contributed by atoms with Crippen LogP contribution in [0.4, 0.5) is 0 Å². The van der Waals surface area contributed by atoms with Crippen molar-refractivity contribution in [3.63, 3.8) is 0 Å². The minimum absolute atomic E-state index is 0.323. The molecule has 0 spiro atoms. The Balaban J connectivity index is 1.20. The van der Waals surface area contributed by atoms with Crippen LogP contribution in [0.5, 0.6) is 11.5 Å². The molecule has 2 aliphatic heterocycles. The van der Waals surface area contributed by atoms with Crippen molar-refractivity contribution in [3.05, 3.63) is 54.1 Å². The molecule has 198 valence electrons. The zero-order chi connectivity index (χ0) is 25.2. The van der Waals surface area contributed by atoms with E-state index in [2.05, 4.69) is 41.0 Å². The van der Waals surface area contributed by atoms with Gasteiger partial charge in [-0.15, -0.1) is 0 Å². The van der Waals surface area contributed by atoms with E-state index in [-0.39, 0.29) is 5.25 Å². The van der Waals surface area contributed by atoms with Crippen LogP contribution in [0.25, 0.3) is 0 Å². The maximum atomic E-state index is 13.2. The molecule has 2 aromatic rings. The van der Waals surface area contributed by atoms with Crippen molar-refractivity contribution in [2.24, 2.45) is 0 Å². The monoisotopic (exact) mass is 514 g/mol. The number of ether oxygens (including phenoxy) is 2. The number of hydrogen-bond acceptors (Lipinski definition) is 6. The van der Waals surface area contributed by atoms with E-state index < -0.39 is 9.84 Å². The first-order valence-corrected chi connectivity index (χ1v) is 15.2. The lowest BCUT2D eigenvalue weighted by Gasteiger charge is -2.31. The lowest BCUT2D eigenvalue weighted by atomic mass is 10.1. The first-order valence-electron chi connectivity index (χ1n) is 13.7. The molecule has 2 saturated heterocycles. The smallest absolute Gasteiger partial charge is 0.181 e. The molecule has 2 aliphatic rings. The Kier molecular flexibility index (Phi) is 10.1. The van der Waals surface area contributed by atoms with E-state index in [0.717, 1.165) is 57.1 Å². The van der Waals surface area contributed by atoms with Crippen LogP contribution in [-0.4, -0.2) is 69.4 Å². The van der Waals surface area contributed by atoms with Crippen LogP contribution < -0.4 is 9.47 Å². The first-order chi connectivity index (χ1) is 17.5. The van der Waals surface area contributed by atoms with E-state index in [1.807, 2.05) is 0 Å². The van der Waals surface area contributed by atoms with Crippen LogP contribution >= 0.6 is 0 Å². The summed E-state index contributed by atoms with van der Waals surface area (Å²) in [5.74, 6) is 1.65. The molecule has 0 bridgehead atoms. The molecule has 4 rings (SSSR count). The van der Waals surface area contributed by atoms with Gasteiger partial charge in [0, 0.05) is 13.1 Å². The Morgan fingerprint density at radius 3 is 2.03 bits per heavy atom. The van der Waals surface area contributed by atoms with Gasteiger partial charge >= 0.3 is 0 Å². The largest absolute Gasteiger partial charge is 0.494 e. The summed E-state index contributed by atoms with van der Waals surface area (Å²) in [4.78, 5) is 5.24. The molecule has 2 heterocycles. The minimum Gasteiger partial charge on any atom is -0.494 e. The lowest BCUT2D eigenvalue weighted by Crippen LogP contribution is -2.38. The van der Waals surface area contributed by atoms with Gasteiger partial charge in [0.25, 0.3) is 0 Å². The Bertz CT molecular complexity index is 1010. The Morgan fingerprint density at radius 2 is 1.39 bits per heavy atom. The molecule has 0 aromatic heterocycles. The normalized spacial score (nSPS) is 18.2. The predicted octanol–water partition coefficient (Wildman–Crippen LogP) is 5.17. The van der Waals surface area contributed by atoms with Gasteiger partial charge < -0.3 is 9.47 Å². The zero-order valence-corrected chi connectivity index (χ0v) is 22.6. The number of hydrogen-bond donors (Lipinski definition) is 0. The molecular formula is C29H42N2O4S. The standard InChI is InChI=1S/C29H42N2O4S/c1-2-3-22-34-27-11-13-28(14-12-27)36(32,33)29-15-19-31(20-16-29)24-25-7-9-26(10-8-25)35-23-21-30-17-5-4-6-18-30/h7-14,29H,2-6,15-24H2,1H3. The summed E-state index contributed by atoms with van der Waals surface area (Å²) >= 11 is 0. The Morgan fingerprint density at radius 1 is 0.778 bits per heavy atom. The maximum absolute atomic E-state index is 13.2. The zero-order valence-electron chi connectivity index (χ0n) is 21.7. The second-order valence-corrected chi connectivity index (χ2v) is 12.3. The van der Waals surface area contributed by atoms with Gasteiger partial charge in [-0.05, 0) is 100 Å². The van der Waals surface area contributed by atoms with Gasteiger partial charge in [0.1, 0.15) is 18.1 Å². The number of rotatable bonds is 12. The molecule has 0 atom stereocenters. The molecule has 6 nitrogen and oxygen atoms in total. The molecule has 36 heavy (non-hydrogen) atoms. The van der Waals surface area contributed by atoms with Gasteiger partial charge in [-0.3, -0.25) is 9.80 Å². The van der Waals surface area contributed by atoms with Gasteiger partial charge in [0.05, 0.1) is 16.8 Å². The second kappa shape index (κ2) is 13.5. The van der Waals surface area contributed by atoms with E-state index in [9.17, 15) is 8.42 Å². The number of likely N-dealkylation sites (tertiary alicyclic amines) is 2. The minimum atomic E-state index is -3.33. The van der Waals surface area contributed by atoms with Crippen molar-refractivity contribution < 1.29 is 17.9 Å². The first kappa shape index (κ1) is 27.0. The molecule has 0 saturated carbocycles. The van der Waals surface area contributed by atoms with Crippen LogP contribution in [0.2, 0.25) is 0 Å². The summed E-state index contributed by atoms with van der Waals surface area (Å²) in [6, 6.07) is 15.3. The Hall–Kier alpha value is -2.09. The quantitative estimate of drug-likeness (QED) is 0.364. The van der Waals surface area contributed by atoms with Crippen LogP contribution in [0.1, 0.15) is 57.4 Å². The second-order valence-electron chi connectivity index (χ2n) is 10.1. The van der Waals surface area contributed by atoms with E-state index in [1.165, 1.54) is 37.9 Å². The molecule has 2 aromatic carbocycles. The summed E-state index contributed by atoms with van der Waals surface area (Å²) in [5, 5.41) is -0.323. The average molecular weight is 515 g/mol. The SMILES string of the molecule is CCCCOc1ccc(S(=O)(=O)C2CCN(Cc3ccc(OCCN4CCCCC4)cc3)CC2)cc1. The summed E-state index contributed by atoms with van der Waals surface area (Å²) in [5.41, 5.74) is 1.23. The van der Waals surface area contributed by atoms with E-state index >= 15 is 0 Å². The fourth-order valence-corrected chi connectivity index (χ4v) is 6.79. The number of nitrogens with zero attached hydrogens (tertiary/aromatic N) is 2. The van der Waals surface area contributed by atoms with Crippen molar-refractivity contribution in [3.8, 4) is 11.5 Å². The van der Waals surface area contributed by atoms with Crippen LogP contribution in [0.3, 0.4) is 0 Å². The topological polar surface area (TPSA) is 59.1 Å². The van der Waals surface area contributed by atoms with Crippen molar-refractivity contribution in [2.75, 3.05) is 45.9 Å². The molecule has 0 unspecified atom stereocenters. The summed E-state index contributed by atoms with van der Waals surface area (Å²) in [6.45, 7) is 9.31. The van der Waals surface area contributed by atoms with E-state index in [4.69, 9.17) is 9.47 Å². The molecule has 2 fully saturated rings. The number of piperidine rings is 2. The third-order valence-corrected chi connectivity index (χ3v) is 9.63. The van der Waals surface area contributed by atoms with Crippen LogP contribution in [0, 0.1) is 0 Å². The number of benzene rings is 2. The Labute approximate surface area is 217 Å². The summed E-state index contributed by atoms with van der Waals surface area (Å²) in [7, 11) is -3.33. The summed E-state index contributed by atoms with van der Waals surface area (Å²) < 4.78 is 38.0. The highest BCUT2D eigenvalue weighted by Gasteiger charge is 2.31. The van der Waals surface area contributed by atoms with Crippen molar-refractivity contribution >= 4 is 9.84 Å². The van der Waals surface area contributed by atoms with Crippen molar-refractivity contribution in [1.29, 1.82) is 0 Å². The molecule has 7 heteroatoms. The summed E-state index contributed by atoms with van der Waals surface area (Å²) in [6.07, 6.45) is 7.36. The van der Waals surface area contributed by atoms with Crippen LogP contribution in [0.15, 0.2) is 53.4 Å². The predicted molar refractivity (Wildman–Crippen MR) is 145 cm³/mol. The fourth-order valence-electron chi connectivity index (χ4n) is 5.05. The number of sulfone groups is 1. The van der Waals surface area contributed by atoms with Crippen molar-refractivity contribution in [2.45, 2.75) is 68.6 Å². The molecule has 0 amide bonds. The van der Waals surface area contributed by atoms with Gasteiger partial charge in [-0.25, -0.2) is 8.42 Å². The van der Waals surface area contributed by atoms with E-state index in [0.29, 0.717) is 24.3 Å². The average Bonchev–Trinajstić information content (AvgIpc) is 2.91. The molecule has 0 aliphatic carbocycles. The lowest BCUT2D eigenvalue weighted by molar-refractivity contribution is 0.183. The van der Waals surface area contributed by atoms with Gasteiger partial charge in [-0.1, -0.05) is 31.9 Å². The highest BCUT2D eigenvalue weighted by Crippen LogP contribution is 2.27. The molecular weight excluding hydrogens is 472 g/mol. The number of unbranched alkanes of at least 4 members (excludes halogenated alkanes) is 1. The van der Waals surface area contributed by atoms with Gasteiger partial charge in [-0.2, -0.15) is 0 Å². The highest BCUT2D eigenvalue weighted by molar-refractivity contribution is 7.92. The molecule has 0 N–H and O–H groups in total. The fraction of sp³-hybridized carbons (Fsp3) is 0.586. The maximum Gasteiger partial charge on any atom is 0.181 e.